The minimum Gasteiger partial charge on any atom is -0.508 e. The molecule has 40 heavy (non-hydrogen) atoms. The van der Waals surface area contributed by atoms with E-state index in [4.69, 9.17) is 20.0 Å². The molecule has 1 saturated heterocycles. The van der Waals surface area contributed by atoms with Crippen molar-refractivity contribution in [3.63, 3.8) is 0 Å². The number of carbonyl (C=O) groups excluding carboxylic acids is 2. The lowest BCUT2D eigenvalue weighted by atomic mass is 10.0. The molecule has 220 valence electrons. The Morgan fingerprint density at radius 2 is 1.98 bits per heavy atom. The van der Waals surface area contributed by atoms with Crippen LogP contribution in [0.2, 0.25) is 0 Å². The van der Waals surface area contributed by atoms with E-state index < -0.39 is 5.97 Å². The van der Waals surface area contributed by atoms with E-state index >= 15 is 0 Å². The summed E-state index contributed by atoms with van der Waals surface area (Å²) >= 11 is 0. The lowest BCUT2D eigenvalue weighted by molar-refractivity contribution is -0.137. The molecule has 9 heteroatoms. The molecule has 0 spiro atoms. The van der Waals surface area contributed by atoms with Crippen LogP contribution in [0.25, 0.3) is 0 Å². The van der Waals surface area contributed by atoms with Crippen LogP contribution in [0.5, 0.6) is 5.75 Å². The number of hydrogen-bond acceptors (Lipinski definition) is 8. The highest BCUT2D eigenvalue weighted by Gasteiger charge is 2.18. The van der Waals surface area contributed by atoms with Crippen molar-refractivity contribution in [3.8, 4) is 5.75 Å². The van der Waals surface area contributed by atoms with Gasteiger partial charge in [-0.05, 0) is 80.8 Å². The molecular weight excluding hydrogens is 510 g/mol. The Morgan fingerprint density at radius 1 is 1.20 bits per heavy atom. The number of cyclic esters (lactones) is 1. The third-order valence-electron chi connectivity index (χ3n) is 6.85. The molecule has 2 fully saturated rings. The fourth-order valence-electron chi connectivity index (χ4n) is 4.22. The zero-order valence-corrected chi connectivity index (χ0v) is 23.8. The van der Waals surface area contributed by atoms with Gasteiger partial charge in [-0.2, -0.15) is 0 Å². The number of phenols is 1. The van der Waals surface area contributed by atoms with E-state index in [1.807, 2.05) is 18.2 Å². The van der Waals surface area contributed by atoms with E-state index in [0.29, 0.717) is 42.8 Å². The van der Waals surface area contributed by atoms with Gasteiger partial charge in [0.25, 0.3) is 5.91 Å². The van der Waals surface area contributed by atoms with Crippen LogP contribution >= 0.6 is 0 Å². The molecule has 1 saturated carbocycles. The number of carbonyl (C=O) groups is 2. The van der Waals surface area contributed by atoms with Crippen LogP contribution in [-0.2, 0) is 25.5 Å². The molecule has 4 rings (SSSR count). The fourth-order valence-corrected chi connectivity index (χ4v) is 4.22. The number of aromatic hydroxyl groups is 1. The molecule has 0 bridgehead atoms. The second kappa shape index (κ2) is 17.5. The molecule has 0 aromatic heterocycles. The van der Waals surface area contributed by atoms with Crippen molar-refractivity contribution in [2.75, 3.05) is 39.5 Å². The van der Waals surface area contributed by atoms with Gasteiger partial charge in [0, 0.05) is 26.1 Å². The first-order valence-electron chi connectivity index (χ1n) is 14.6. The number of piperidine rings is 1. The smallest absolute Gasteiger partial charge is 0.338 e. The molecular formula is C31H45N3O6. The highest BCUT2D eigenvalue weighted by atomic mass is 16.6. The third-order valence-corrected chi connectivity index (χ3v) is 6.85. The number of phenolic OH excluding ortho intramolecular Hbond substituents is 1. The first-order chi connectivity index (χ1) is 19.5. The number of benzene rings is 1. The van der Waals surface area contributed by atoms with Gasteiger partial charge in [-0.1, -0.05) is 43.1 Å². The van der Waals surface area contributed by atoms with Gasteiger partial charge in [0.2, 0.25) is 0 Å². The SMILES string of the molecule is CC1CC1.NCCCOC1/C=C/CCOC(=O)c2ccc(O)cc2CC(=N\OCC(=O)N2CCCCC2)/C=C/C1. The van der Waals surface area contributed by atoms with Crippen molar-refractivity contribution >= 4 is 17.6 Å². The van der Waals surface area contributed by atoms with Crippen LogP contribution in [0, 0.1) is 5.92 Å². The normalized spacial score (nSPS) is 22.6. The van der Waals surface area contributed by atoms with Crippen molar-refractivity contribution in [2.45, 2.75) is 70.8 Å². The highest BCUT2D eigenvalue weighted by Crippen LogP contribution is 2.26. The summed E-state index contributed by atoms with van der Waals surface area (Å²) in [4.78, 5) is 32.4. The van der Waals surface area contributed by atoms with Crippen molar-refractivity contribution in [2.24, 2.45) is 16.8 Å². The van der Waals surface area contributed by atoms with Gasteiger partial charge in [0.05, 0.1) is 24.0 Å². The summed E-state index contributed by atoms with van der Waals surface area (Å²) in [5.41, 5.74) is 6.98. The molecule has 1 atom stereocenters. The number of likely N-dealkylation sites (tertiary alicyclic amines) is 1. The van der Waals surface area contributed by atoms with E-state index in [2.05, 4.69) is 12.1 Å². The second-order valence-corrected chi connectivity index (χ2v) is 10.5. The predicted octanol–water partition coefficient (Wildman–Crippen LogP) is 4.53. The number of rotatable bonds is 7. The van der Waals surface area contributed by atoms with Gasteiger partial charge < -0.3 is 30.1 Å². The molecule has 3 aliphatic rings. The minimum atomic E-state index is -0.476. The lowest BCUT2D eigenvalue weighted by Gasteiger charge is -2.26. The fraction of sp³-hybridized carbons (Fsp3) is 0.581. The zero-order chi connectivity index (χ0) is 28.6. The van der Waals surface area contributed by atoms with Crippen molar-refractivity contribution in [3.05, 3.63) is 53.6 Å². The molecule has 9 nitrogen and oxygen atoms in total. The van der Waals surface area contributed by atoms with Gasteiger partial charge in [-0.3, -0.25) is 4.79 Å². The maximum absolute atomic E-state index is 12.7. The first kappa shape index (κ1) is 31.4. The summed E-state index contributed by atoms with van der Waals surface area (Å²) in [7, 11) is 0. The Kier molecular flexibility index (Phi) is 13.7. The molecule has 3 N–H and O–H groups in total. The first-order valence-corrected chi connectivity index (χ1v) is 14.6. The lowest BCUT2D eigenvalue weighted by Crippen LogP contribution is -2.37. The average Bonchev–Trinajstić information content (AvgIpc) is 3.74. The molecule has 2 heterocycles. The summed E-state index contributed by atoms with van der Waals surface area (Å²) in [5, 5.41) is 14.3. The van der Waals surface area contributed by atoms with E-state index in [0.717, 1.165) is 44.7 Å². The second-order valence-electron chi connectivity index (χ2n) is 10.5. The zero-order valence-electron chi connectivity index (χ0n) is 23.8. The molecule has 1 unspecified atom stereocenters. The maximum Gasteiger partial charge on any atom is 0.338 e. The van der Waals surface area contributed by atoms with Gasteiger partial charge in [-0.25, -0.2) is 4.79 Å². The summed E-state index contributed by atoms with van der Waals surface area (Å²) < 4.78 is 11.3. The Labute approximate surface area is 238 Å². The molecule has 1 aliphatic carbocycles. The number of oxime groups is 1. The van der Waals surface area contributed by atoms with Gasteiger partial charge in [0.1, 0.15) is 5.75 Å². The Bertz CT molecular complexity index is 1030. The Morgan fingerprint density at radius 3 is 2.70 bits per heavy atom. The number of allylic oxidation sites excluding steroid dienone is 1. The number of nitrogens with two attached hydrogens (primary N) is 1. The van der Waals surface area contributed by atoms with Crippen molar-refractivity contribution in [1.82, 2.24) is 4.90 Å². The largest absolute Gasteiger partial charge is 0.508 e. The number of nitrogens with zero attached hydrogens (tertiary/aromatic N) is 2. The van der Waals surface area contributed by atoms with E-state index in [1.165, 1.54) is 31.0 Å². The number of fused-ring (bicyclic) bond motifs is 1. The van der Waals surface area contributed by atoms with E-state index in [9.17, 15) is 14.7 Å². The monoisotopic (exact) mass is 555 g/mol. The van der Waals surface area contributed by atoms with Crippen LogP contribution in [0.3, 0.4) is 0 Å². The van der Waals surface area contributed by atoms with Gasteiger partial charge in [-0.15, -0.1) is 0 Å². The summed E-state index contributed by atoms with van der Waals surface area (Å²) in [6.07, 6.45) is 15.7. The molecule has 1 aromatic carbocycles. The van der Waals surface area contributed by atoms with Crippen LogP contribution in [0.15, 0.2) is 47.7 Å². The number of hydrogen-bond donors (Lipinski definition) is 2. The summed E-state index contributed by atoms with van der Waals surface area (Å²) in [5.74, 6) is 0.545. The quantitative estimate of drug-likeness (QED) is 0.219. The van der Waals surface area contributed by atoms with E-state index in [1.54, 1.807) is 11.0 Å². The Hall–Kier alpha value is -3.17. The standard InChI is InChI=1S/C27H37N3O6.C4H8/c28-13-7-17-34-24-9-2-5-16-35-27(33)25-12-11-23(31)19-21(25)18-22(8-6-10-24)29-36-20-26(32)30-14-3-1-4-15-30;1-4-2-3-4/h2,6,8-9,11-12,19,24,31H,1,3-5,7,10,13-18,20,28H2;4H,2-3H2,1H3/b8-6+,9-2+,29-22-;. The van der Waals surface area contributed by atoms with Crippen LogP contribution < -0.4 is 5.73 Å². The molecule has 0 radical (unpaired) electrons. The van der Waals surface area contributed by atoms with Crippen molar-refractivity contribution < 1.29 is 29.0 Å². The minimum absolute atomic E-state index is 0.0310. The summed E-state index contributed by atoms with van der Waals surface area (Å²) in [6, 6.07) is 4.51. The molecule has 1 aromatic rings. The van der Waals surface area contributed by atoms with Gasteiger partial charge >= 0.3 is 5.97 Å². The molecule has 2 aliphatic heterocycles. The topological polar surface area (TPSA) is 124 Å². The number of esters is 1. The average molecular weight is 556 g/mol. The van der Waals surface area contributed by atoms with Crippen LogP contribution in [0.1, 0.15) is 74.2 Å². The van der Waals surface area contributed by atoms with Crippen LogP contribution in [-0.4, -0.2) is 73.2 Å². The third kappa shape index (κ3) is 11.9. The highest BCUT2D eigenvalue weighted by molar-refractivity contribution is 5.99. The van der Waals surface area contributed by atoms with Crippen LogP contribution in [0.4, 0.5) is 0 Å². The van der Waals surface area contributed by atoms with Gasteiger partial charge in [0.15, 0.2) is 6.61 Å². The number of amides is 1. The molecule has 1 amide bonds. The maximum atomic E-state index is 12.7. The summed E-state index contributed by atoms with van der Waals surface area (Å²) in [6.45, 7) is 4.94. The van der Waals surface area contributed by atoms with Crippen molar-refractivity contribution in [1.29, 1.82) is 0 Å². The number of ether oxygens (including phenoxy) is 2. The predicted molar refractivity (Wildman–Crippen MR) is 155 cm³/mol. The Balaban J connectivity index is 0.00000101. The van der Waals surface area contributed by atoms with E-state index in [-0.39, 0.29) is 37.4 Å².